The van der Waals surface area contributed by atoms with Crippen LogP contribution < -0.4 is 0 Å². The standard InChI is InChI=1S/C9H11FO2/c1-2-6-3-7(5-11)9(12)8(10)4-6/h3-4,11-12H,2,5H2,1H3. The molecule has 0 amide bonds. The summed E-state index contributed by atoms with van der Waals surface area (Å²) in [6.45, 7) is 1.55. The first-order valence-corrected chi connectivity index (χ1v) is 3.80. The maximum atomic E-state index is 12.9. The third-order valence-electron chi connectivity index (χ3n) is 1.78. The van der Waals surface area contributed by atoms with Crippen LogP contribution in [0.15, 0.2) is 12.1 Å². The van der Waals surface area contributed by atoms with Gasteiger partial charge in [-0.3, -0.25) is 0 Å². The number of hydrogen-bond acceptors (Lipinski definition) is 2. The van der Waals surface area contributed by atoms with Gasteiger partial charge in [0.2, 0.25) is 0 Å². The van der Waals surface area contributed by atoms with Crippen molar-refractivity contribution in [3.05, 3.63) is 29.1 Å². The lowest BCUT2D eigenvalue weighted by molar-refractivity contribution is 0.273. The molecule has 0 fully saturated rings. The Morgan fingerprint density at radius 3 is 2.58 bits per heavy atom. The first-order valence-electron chi connectivity index (χ1n) is 3.80. The van der Waals surface area contributed by atoms with Crippen LogP contribution in [0.2, 0.25) is 0 Å². The topological polar surface area (TPSA) is 40.5 Å². The van der Waals surface area contributed by atoms with E-state index in [2.05, 4.69) is 0 Å². The molecule has 12 heavy (non-hydrogen) atoms. The highest BCUT2D eigenvalue weighted by Crippen LogP contribution is 2.23. The molecule has 1 aromatic carbocycles. The fourth-order valence-electron chi connectivity index (χ4n) is 1.04. The Morgan fingerprint density at radius 2 is 2.08 bits per heavy atom. The summed E-state index contributed by atoms with van der Waals surface area (Å²) in [5.74, 6) is -1.12. The van der Waals surface area contributed by atoms with E-state index in [0.29, 0.717) is 6.42 Å². The number of aliphatic hydroxyl groups excluding tert-OH is 1. The molecular weight excluding hydrogens is 159 g/mol. The first-order chi connectivity index (χ1) is 5.69. The highest BCUT2D eigenvalue weighted by Gasteiger charge is 2.07. The summed E-state index contributed by atoms with van der Waals surface area (Å²) in [5.41, 5.74) is 1.02. The van der Waals surface area contributed by atoms with Gasteiger partial charge in [0.25, 0.3) is 0 Å². The lowest BCUT2D eigenvalue weighted by Crippen LogP contribution is -1.91. The third-order valence-corrected chi connectivity index (χ3v) is 1.78. The third kappa shape index (κ3) is 1.56. The Hall–Kier alpha value is -1.09. The van der Waals surface area contributed by atoms with E-state index in [0.717, 1.165) is 5.56 Å². The molecule has 0 saturated carbocycles. The van der Waals surface area contributed by atoms with E-state index in [9.17, 15) is 4.39 Å². The largest absolute Gasteiger partial charge is 0.505 e. The van der Waals surface area contributed by atoms with Crippen molar-refractivity contribution in [1.29, 1.82) is 0 Å². The monoisotopic (exact) mass is 170 g/mol. The van der Waals surface area contributed by atoms with Crippen molar-refractivity contribution in [1.82, 2.24) is 0 Å². The number of rotatable bonds is 2. The van der Waals surface area contributed by atoms with Crippen LogP contribution in [0, 0.1) is 5.82 Å². The second-order valence-electron chi connectivity index (χ2n) is 2.60. The summed E-state index contributed by atoms with van der Waals surface area (Å²) >= 11 is 0. The van der Waals surface area contributed by atoms with Gasteiger partial charge in [-0.05, 0) is 24.1 Å². The average molecular weight is 170 g/mol. The Bertz CT molecular complexity index is 284. The van der Waals surface area contributed by atoms with E-state index in [1.807, 2.05) is 6.92 Å². The lowest BCUT2D eigenvalue weighted by Gasteiger charge is -2.04. The van der Waals surface area contributed by atoms with E-state index >= 15 is 0 Å². The molecule has 0 bridgehead atoms. The second-order valence-corrected chi connectivity index (χ2v) is 2.60. The van der Waals surface area contributed by atoms with Crippen molar-refractivity contribution in [2.45, 2.75) is 20.0 Å². The molecular formula is C9H11FO2. The van der Waals surface area contributed by atoms with Gasteiger partial charge in [-0.15, -0.1) is 0 Å². The predicted octanol–water partition coefficient (Wildman–Crippen LogP) is 1.59. The van der Waals surface area contributed by atoms with Gasteiger partial charge in [0.1, 0.15) is 0 Å². The van der Waals surface area contributed by atoms with E-state index in [1.165, 1.54) is 6.07 Å². The van der Waals surface area contributed by atoms with E-state index < -0.39 is 11.6 Å². The number of benzene rings is 1. The molecule has 1 rings (SSSR count). The Balaban J connectivity index is 3.19. The second kappa shape index (κ2) is 3.54. The van der Waals surface area contributed by atoms with Crippen molar-refractivity contribution < 1.29 is 14.6 Å². The molecule has 0 heterocycles. The molecule has 0 aromatic heterocycles. The molecule has 0 saturated heterocycles. The van der Waals surface area contributed by atoms with E-state index in [1.54, 1.807) is 6.07 Å². The highest BCUT2D eigenvalue weighted by atomic mass is 19.1. The van der Waals surface area contributed by atoms with Gasteiger partial charge in [-0.2, -0.15) is 0 Å². The summed E-state index contributed by atoms with van der Waals surface area (Å²) < 4.78 is 12.9. The molecule has 0 spiro atoms. The van der Waals surface area contributed by atoms with E-state index in [-0.39, 0.29) is 12.2 Å². The zero-order valence-corrected chi connectivity index (χ0v) is 6.84. The fourth-order valence-corrected chi connectivity index (χ4v) is 1.04. The summed E-state index contributed by atoms with van der Waals surface area (Å²) in [6, 6.07) is 2.87. The van der Waals surface area contributed by atoms with Gasteiger partial charge in [0.05, 0.1) is 6.61 Å². The van der Waals surface area contributed by atoms with Crippen LogP contribution in [0.3, 0.4) is 0 Å². The van der Waals surface area contributed by atoms with Gasteiger partial charge < -0.3 is 10.2 Å². The van der Waals surface area contributed by atoms with Crippen LogP contribution in [0.25, 0.3) is 0 Å². The Morgan fingerprint density at radius 1 is 1.42 bits per heavy atom. The molecule has 0 aliphatic rings. The minimum Gasteiger partial charge on any atom is -0.505 e. The minimum absolute atomic E-state index is 0.242. The Labute approximate surface area is 70.3 Å². The van der Waals surface area contributed by atoms with Crippen molar-refractivity contribution >= 4 is 0 Å². The predicted molar refractivity (Wildman–Crippen MR) is 43.4 cm³/mol. The van der Waals surface area contributed by atoms with Crippen molar-refractivity contribution in [3.8, 4) is 5.75 Å². The zero-order valence-electron chi connectivity index (χ0n) is 6.84. The molecule has 3 heteroatoms. The normalized spacial score (nSPS) is 10.2. The molecule has 1 aromatic rings. The van der Waals surface area contributed by atoms with Gasteiger partial charge in [0, 0.05) is 5.56 Å². The molecule has 0 unspecified atom stereocenters. The molecule has 66 valence electrons. The van der Waals surface area contributed by atoms with Crippen molar-refractivity contribution in [3.63, 3.8) is 0 Å². The molecule has 2 N–H and O–H groups in total. The van der Waals surface area contributed by atoms with Crippen LogP contribution in [-0.4, -0.2) is 10.2 Å². The number of aryl methyl sites for hydroxylation is 1. The van der Waals surface area contributed by atoms with Gasteiger partial charge in [-0.1, -0.05) is 6.92 Å². The fraction of sp³-hybridized carbons (Fsp3) is 0.333. The number of aromatic hydroxyl groups is 1. The van der Waals surface area contributed by atoms with E-state index in [4.69, 9.17) is 10.2 Å². The molecule has 0 radical (unpaired) electrons. The van der Waals surface area contributed by atoms with Gasteiger partial charge in [-0.25, -0.2) is 4.39 Å². The Kier molecular flexibility index (Phi) is 2.65. The molecule has 2 nitrogen and oxygen atoms in total. The zero-order chi connectivity index (χ0) is 9.14. The van der Waals surface area contributed by atoms with Crippen LogP contribution in [0.5, 0.6) is 5.75 Å². The first kappa shape index (κ1) is 9.00. The summed E-state index contributed by atoms with van der Waals surface area (Å²) in [4.78, 5) is 0. The maximum absolute atomic E-state index is 12.9. The maximum Gasteiger partial charge on any atom is 0.165 e. The summed E-state index contributed by atoms with van der Waals surface area (Å²) in [7, 11) is 0. The molecule has 0 atom stereocenters. The van der Waals surface area contributed by atoms with Crippen LogP contribution in [0.1, 0.15) is 18.1 Å². The smallest absolute Gasteiger partial charge is 0.165 e. The number of aliphatic hydroxyl groups is 1. The summed E-state index contributed by atoms with van der Waals surface area (Å²) in [5, 5.41) is 17.8. The number of phenols is 1. The lowest BCUT2D eigenvalue weighted by atomic mass is 10.1. The number of hydrogen-bond donors (Lipinski definition) is 2. The molecule has 0 aliphatic carbocycles. The summed E-state index contributed by atoms with van der Waals surface area (Å²) in [6.07, 6.45) is 0.685. The highest BCUT2D eigenvalue weighted by molar-refractivity contribution is 5.37. The quantitative estimate of drug-likeness (QED) is 0.707. The van der Waals surface area contributed by atoms with Crippen molar-refractivity contribution in [2.75, 3.05) is 0 Å². The van der Waals surface area contributed by atoms with Crippen LogP contribution >= 0.6 is 0 Å². The van der Waals surface area contributed by atoms with Crippen LogP contribution in [0.4, 0.5) is 4.39 Å². The van der Waals surface area contributed by atoms with Gasteiger partial charge in [0.15, 0.2) is 11.6 Å². The average Bonchev–Trinajstić information content (AvgIpc) is 2.09. The van der Waals surface area contributed by atoms with Gasteiger partial charge >= 0.3 is 0 Å². The van der Waals surface area contributed by atoms with Crippen LogP contribution in [-0.2, 0) is 13.0 Å². The number of halogens is 1. The molecule has 0 aliphatic heterocycles. The van der Waals surface area contributed by atoms with Crippen molar-refractivity contribution in [2.24, 2.45) is 0 Å². The SMILES string of the molecule is CCc1cc(F)c(O)c(CO)c1. The minimum atomic E-state index is -0.668.